The zero-order valence-electron chi connectivity index (χ0n) is 20.5. The Morgan fingerprint density at radius 1 is 0.919 bits per heavy atom. The molecule has 0 aliphatic rings. The second kappa shape index (κ2) is 12.0. The van der Waals surface area contributed by atoms with Crippen molar-refractivity contribution in [1.82, 2.24) is 9.84 Å². The van der Waals surface area contributed by atoms with Gasteiger partial charge in [-0.05, 0) is 26.0 Å². The Hall–Kier alpha value is -4.51. The lowest BCUT2D eigenvalue weighted by atomic mass is 10.0. The number of amides is 2. The number of nitrogens with two attached hydrogens (primary N) is 1. The van der Waals surface area contributed by atoms with Gasteiger partial charge in [0.1, 0.15) is 0 Å². The minimum Gasteiger partial charge on any atom is -0.467 e. The fourth-order valence-corrected chi connectivity index (χ4v) is 4.78. The van der Waals surface area contributed by atoms with Crippen LogP contribution in [-0.4, -0.2) is 49.4 Å². The first-order chi connectivity index (χ1) is 17.6. The van der Waals surface area contributed by atoms with Crippen LogP contribution in [0.25, 0.3) is 0 Å². The normalized spacial score (nSPS) is 12.2. The van der Waals surface area contributed by atoms with Gasteiger partial charge in [-0.3, -0.25) is 0 Å². The van der Waals surface area contributed by atoms with Crippen molar-refractivity contribution in [2.75, 3.05) is 7.11 Å². The largest absolute Gasteiger partial charge is 0.467 e. The van der Waals surface area contributed by atoms with Crippen LogP contribution in [0.15, 0.2) is 100 Å². The van der Waals surface area contributed by atoms with Gasteiger partial charge in [0.2, 0.25) is 6.04 Å². The monoisotopic (exact) mass is 521 g/mol. The maximum Gasteiger partial charge on any atom is 0.337 e. The zero-order valence-corrected chi connectivity index (χ0v) is 21.3. The molecule has 0 aromatic heterocycles. The molecule has 0 saturated heterocycles. The maximum atomic E-state index is 14.0. The number of rotatable bonds is 9. The minimum absolute atomic E-state index is 0.105. The molecule has 3 aromatic rings. The SMILES string of the molecule is COC(=O)C(/C(C)=N/NC(N)=O)N(N=C(c1ccccc1)c1ccccc1)S(=O)(=O)c1ccc(C)cc1. The summed E-state index contributed by atoms with van der Waals surface area (Å²) in [6, 6.07) is 21.3. The van der Waals surface area contributed by atoms with Crippen molar-refractivity contribution in [2.45, 2.75) is 24.8 Å². The van der Waals surface area contributed by atoms with Crippen molar-refractivity contribution in [3.63, 3.8) is 0 Å². The smallest absolute Gasteiger partial charge is 0.337 e. The van der Waals surface area contributed by atoms with Gasteiger partial charge in [0.25, 0.3) is 10.0 Å². The number of ether oxygens (including phenoxy) is 1. The van der Waals surface area contributed by atoms with Crippen LogP contribution in [0.2, 0.25) is 0 Å². The Bertz CT molecular complexity index is 1370. The van der Waals surface area contributed by atoms with Gasteiger partial charge in [-0.1, -0.05) is 78.4 Å². The number of esters is 1. The molecule has 0 bridgehead atoms. The number of nitrogens with one attached hydrogen (secondary N) is 1. The lowest BCUT2D eigenvalue weighted by molar-refractivity contribution is -0.142. The van der Waals surface area contributed by atoms with Gasteiger partial charge in [0.05, 0.1) is 23.4 Å². The summed E-state index contributed by atoms with van der Waals surface area (Å²) in [7, 11) is -3.34. The number of benzene rings is 3. The van der Waals surface area contributed by atoms with Crippen LogP contribution in [-0.2, 0) is 19.6 Å². The quantitative estimate of drug-likeness (QED) is 0.253. The first-order valence-electron chi connectivity index (χ1n) is 11.1. The van der Waals surface area contributed by atoms with Crippen LogP contribution in [0.5, 0.6) is 0 Å². The highest BCUT2D eigenvalue weighted by Crippen LogP contribution is 2.23. The topological polar surface area (TPSA) is 144 Å². The lowest BCUT2D eigenvalue weighted by Crippen LogP contribution is -2.48. The van der Waals surface area contributed by atoms with Crippen molar-refractivity contribution in [3.05, 3.63) is 102 Å². The summed E-state index contributed by atoms with van der Waals surface area (Å²) in [5.74, 6) is -0.965. The van der Waals surface area contributed by atoms with Gasteiger partial charge in [-0.2, -0.15) is 23.0 Å². The van der Waals surface area contributed by atoms with Gasteiger partial charge in [-0.15, -0.1) is 0 Å². The van der Waals surface area contributed by atoms with E-state index in [2.05, 4.69) is 10.2 Å². The Morgan fingerprint density at radius 2 is 1.43 bits per heavy atom. The van der Waals surface area contributed by atoms with Crippen LogP contribution in [0.4, 0.5) is 4.79 Å². The Balaban J connectivity index is 2.34. The highest BCUT2D eigenvalue weighted by atomic mass is 32.2. The van der Waals surface area contributed by atoms with E-state index in [-0.39, 0.29) is 16.3 Å². The molecule has 1 unspecified atom stereocenters. The molecule has 0 saturated carbocycles. The number of aryl methyl sites for hydroxylation is 1. The Morgan fingerprint density at radius 3 is 1.89 bits per heavy atom. The molecule has 0 aliphatic heterocycles. The summed E-state index contributed by atoms with van der Waals surface area (Å²) in [6.07, 6.45) is 0. The number of methoxy groups -OCH3 is 1. The highest BCUT2D eigenvalue weighted by molar-refractivity contribution is 7.89. The molecule has 2 amide bonds. The number of sulfonamides is 1. The van der Waals surface area contributed by atoms with E-state index in [1.165, 1.54) is 19.1 Å². The van der Waals surface area contributed by atoms with Gasteiger partial charge in [0, 0.05) is 11.1 Å². The molecular formula is C26H27N5O5S. The minimum atomic E-state index is -4.45. The van der Waals surface area contributed by atoms with E-state index in [0.717, 1.165) is 12.7 Å². The van der Waals surface area contributed by atoms with Crippen LogP contribution >= 0.6 is 0 Å². The first-order valence-corrected chi connectivity index (χ1v) is 12.6. The van der Waals surface area contributed by atoms with Crippen LogP contribution in [0, 0.1) is 6.92 Å². The van der Waals surface area contributed by atoms with Gasteiger partial charge < -0.3 is 10.5 Å². The van der Waals surface area contributed by atoms with E-state index < -0.39 is 28.1 Å². The average Bonchev–Trinajstić information content (AvgIpc) is 2.90. The van der Waals surface area contributed by atoms with E-state index in [9.17, 15) is 18.0 Å². The van der Waals surface area contributed by atoms with Crippen LogP contribution in [0.1, 0.15) is 23.6 Å². The van der Waals surface area contributed by atoms with Crippen molar-refractivity contribution >= 4 is 33.4 Å². The molecule has 0 heterocycles. The molecule has 11 heteroatoms. The molecule has 37 heavy (non-hydrogen) atoms. The third kappa shape index (κ3) is 6.58. The van der Waals surface area contributed by atoms with Gasteiger partial charge in [-0.25, -0.2) is 15.0 Å². The summed E-state index contributed by atoms with van der Waals surface area (Å²) < 4.78 is 33.6. The molecule has 0 aliphatic carbocycles. The van der Waals surface area contributed by atoms with Crippen molar-refractivity contribution < 1.29 is 22.7 Å². The molecule has 3 aromatic carbocycles. The van der Waals surface area contributed by atoms with Crippen molar-refractivity contribution in [2.24, 2.45) is 15.9 Å². The summed E-state index contributed by atoms with van der Waals surface area (Å²) in [6.45, 7) is 3.17. The van der Waals surface area contributed by atoms with E-state index >= 15 is 0 Å². The number of carbonyl (C=O) groups excluding carboxylic acids is 2. The Labute approximate surface area is 215 Å². The van der Waals surface area contributed by atoms with E-state index in [1.54, 1.807) is 60.7 Å². The summed E-state index contributed by atoms with van der Waals surface area (Å²) >= 11 is 0. The molecule has 1 atom stereocenters. The molecule has 10 nitrogen and oxygen atoms in total. The van der Waals surface area contributed by atoms with Gasteiger partial charge >= 0.3 is 12.0 Å². The van der Waals surface area contributed by atoms with E-state index in [1.807, 2.05) is 24.5 Å². The van der Waals surface area contributed by atoms with Crippen LogP contribution < -0.4 is 11.2 Å². The molecule has 0 radical (unpaired) electrons. The lowest BCUT2D eigenvalue weighted by Gasteiger charge is -2.27. The second-order valence-corrected chi connectivity index (χ2v) is 9.72. The predicted molar refractivity (Wildman–Crippen MR) is 140 cm³/mol. The van der Waals surface area contributed by atoms with Crippen molar-refractivity contribution in [1.29, 1.82) is 0 Å². The number of hydrazone groups is 2. The summed E-state index contributed by atoms with van der Waals surface area (Å²) in [4.78, 5) is 24.2. The predicted octanol–water partition coefficient (Wildman–Crippen LogP) is 3.02. The summed E-state index contributed by atoms with van der Waals surface area (Å²) in [5, 5.41) is 8.34. The Kier molecular flexibility index (Phi) is 8.75. The second-order valence-electron chi connectivity index (χ2n) is 7.93. The maximum absolute atomic E-state index is 14.0. The molecule has 0 spiro atoms. The number of primary amides is 1. The van der Waals surface area contributed by atoms with E-state index in [4.69, 9.17) is 10.5 Å². The van der Waals surface area contributed by atoms with Crippen LogP contribution in [0.3, 0.4) is 0 Å². The molecular weight excluding hydrogens is 494 g/mol. The third-order valence-corrected chi connectivity index (χ3v) is 6.89. The number of urea groups is 1. The third-order valence-electron chi connectivity index (χ3n) is 5.24. The van der Waals surface area contributed by atoms with Gasteiger partial charge in [0.15, 0.2) is 0 Å². The first kappa shape index (κ1) is 27.1. The number of hydrogen-bond acceptors (Lipinski definition) is 7. The summed E-state index contributed by atoms with van der Waals surface area (Å²) in [5.41, 5.74) is 9.35. The number of carbonyl (C=O) groups is 2. The highest BCUT2D eigenvalue weighted by Gasteiger charge is 2.39. The number of nitrogens with zero attached hydrogens (tertiary/aromatic N) is 3. The molecule has 192 valence electrons. The fourth-order valence-electron chi connectivity index (χ4n) is 3.38. The standard InChI is InChI=1S/C26H27N5O5S/c1-18-14-16-22(17-15-18)37(34,35)31(24(25(32)36-3)19(2)28-29-26(27)33)30-23(20-10-6-4-7-11-20)21-12-8-5-9-13-21/h4-17,24H,1-3H3,(H3,27,29,33)/b28-19+. The molecule has 3 rings (SSSR count). The zero-order chi connectivity index (χ0) is 27.0. The van der Waals surface area contributed by atoms with Crippen molar-refractivity contribution in [3.8, 4) is 0 Å². The fraction of sp³-hybridized carbons (Fsp3) is 0.154. The molecule has 3 N–H and O–H groups in total. The molecule has 0 fully saturated rings. The average molecular weight is 522 g/mol. The van der Waals surface area contributed by atoms with E-state index in [0.29, 0.717) is 15.5 Å². The number of hydrogen-bond donors (Lipinski definition) is 2.